The van der Waals surface area contributed by atoms with E-state index in [1.165, 1.54) is 16.4 Å². The van der Waals surface area contributed by atoms with Gasteiger partial charge in [0.1, 0.15) is 0 Å². The number of hydrogen-bond acceptors (Lipinski definition) is 0. The standard InChI is InChI=1S/C13H13P.HI/c1-14-13-10-6-5-9-12(13)11-7-3-2-4-8-11;/h2-10,14H,1H3;1H. The van der Waals surface area contributed by atoms with Crippen molar-refractivity contribution < 1.29 is 0 Å². The average molecular weight is 328 g/mol. The first-order valence-electron chi connectivity index (χ1n) is 4.74. The van der Waals surface area contributed by atoms with Gasteiger partial charge in [-0.15, -0.1) is 24.0 Å². The van der Waals surface area contributed by atoms with E-state index in [4.69, 9.17) is 0 Å². The molecule has 0 fully saturated rings. The Morgan fingerprint density at radius 1 is 0.800 bits per heavy atom. The maximum atomic E-state index is 2.22. The number of hydrogen-bond donors (Lipinski definition) is 0. The summed E-state index contributed by atoms with van der Waals surface area (Å²) < 4.78 is 0. The molecule has 78 valence electrons. The molecule has 15 heavy (non-hydrogen) atoms. The molecule has 0 nitrogen and oxygen atoms in total. The lowest BCUT2D eigenvalue weighted by Gasteiger charge is -2.06. The highest BCUT2D eigenvalue weighted by atomic mass is 127. The second kappa shape index (κ2) is 6.24. The fourth-order valence-corrected chi connectivity index (χ4v) is 2.33. The maximum absolute atomic E-state index is 2.22. The van der Waals surface area contributed by atoms with Crippen LogP contribution in [0.5, 0.6) is 0 Å². The van der Waals surface area contributed by atoms with Crippen LogP contribution in [-0.4, -0.2) is 6.66 Å². The van der Waals surface area contributed by atoms with E-state index >= 15 is 0 Å². The summed E-state index contributed by atoms with van der Waals surface area (Å²) in [4.78, 5) is 0. The van der Waals surface area contributed by atoms with Gasteiger partial charge < -0.3 is 0 Å². The molecule has 1 unspecified atom stereocenters. The molecule has 2 aromatic carbocycles. The van der Waals surface area contributed by atoms with Gasteiger partial charge in [0, 0.05) is 0 Å². The van der Waals surface area contributed by atoms with Crippen LogP contribution >= 0.6 is 32.6 Å². The molecule has 0 saturated heterocycles. The first-order valence-corrected chi connectivity index (χ1v) is 6.24. The van der Waals surface area contributed by atoms with E-state index in [0.717, 1.165) is 8.58 Å². The Morgan fingerprint density at radius 2 is 1.40 bits per heavy atom. The minimum atomic E-state index is 0. The van der Waals surface area contributed by atoms with Gasteiger partial charge >= 0.3 is 0 Å². The zero-order chi connectivity index (χ0) is 9.80. The van der Waals surface area contributed by atoms with E-state index in [-0.39, 0.29) is 24.0 Å². The minimum Gasteiger partial charge on any atom is -0.107 e. The molecule has 0 spiro atoms. The van der Waals surface area contributed by atoms with Crippen molar-refractivity contribution in [2.45, 2.75) is 0 Å². The molecule has 0 saturated carbocycles. The Hall–Kier alpha value is -0.400. The van der Waals surface area contributed by atoms with Crippen LogP contribution in [0, 0.1) is 0 Å². The summed E-state index contributed by atoms with van der Waals surface area (Å²) in [5.41, 5.74) is 2.69. The van der Waals surface area contributed by atoms with Crippen LogP contribution in [-0.2, 0) is 0 Å². The van der Waals surface area contributed by atoms with Crippen molar-refractivity contribution in [3.63, 3.8) is 0 Å². The molecule has 1 atom stereocenters. The van der Waals surface area contributed by atoms with Gasteiger partial charge in [-0.25, -0.2) is 0 Å². The van der Waals surface area contributed by atoms with E-state index < -0.39 is 0 Å². The topological polar surface area (TPSA) is 0 Å². The van der Waals surface area contributed by atoms with E-state index in [0.29, 0.717) is 0 Å². The summed E-state index contributed by atoms with van der Waals surface area (Å²) in [6.45, 7) is 2.22. The minimum absolute atomic E-state index is 0. The molecular formula is C13H14IP. The van der Waals surface area contributed by atoms with Gasteiger partial charge in [-0.3, -0.25) is 0 Å². The molecular weight excluding hydrogens is 314 g/mol. The third-order valence-electron chi connectivity index (χ3n) is 2.28. The van der Waals surface area contributed by atoms with Crippen LogP contribution in [0.3, 0.4) is 0 Å². The first-order chi connectivity index (χ1) is 6.92. The molecule has 2 heteroatoms. The van der Waals surface area contributed by atoms with Crippen molar-refractivity contribution in [1.29, 1.82) is 0 Å². The quantitative estimate of drug-likeness (QED) is 0.579. The lowest BCUT2D eigenvalue weighted by atomic mass is 10.1. The zero-order valence-corrected chi connectivity index (χ0v) is 11.9. The molecule has 0 aliphatic heterocycles. The molecule has 0 N–H and O–H groups in total. The van der Waals surface area contributed by atoms with Crippen LogP contribution in [0.4, 0.5) is 0 Å². The normalized spacial score (nSPS) is 10.2. The monoisotopic (exact) mass is 328 g/mol. The summed E-state index contributed by atoms with van der Waals surface area (Å²) in [5.74, 6) is 0. The number of benzene rings is 2. The molecule has 0 aromatic heterocycles. The summed E-state index contributed by atoms with van der Waals surface area (Å²) in [7, 11) is 0.854. The predicted octanol–water partition coefficient (Wildman–Crippen LogP) is 3.91. The fourth-order valence-electron chi connectivity index (χ4n) is 1.57. The molecule has 0 aliphatic carbocycles. The molecule has 0 aliphatic rings. The van der Waals surface area contributed by atoms with E-state index in [2.05, 4.69) is 61.3 Å². The maximum Gasteiger partial charge on any atom is -0.0110 e. The smallest absolute Gasteiger partial charge is 0.0110 e. The van der Waals surface area contributed by atoms with Crippen LogP contribution in [0.1, 0.15) is 0 Å². The van der Waals surface area contributed by atoms with E-state index in [1.54, 1.807) is 0 Å². The van der Waals surface area contributed by atoms with Crippen molar-refractivity contribution in [2.24, 2.45) is 0 Å². The largest absolute Gasteiger partial charge is 0.107 e. The van der Waals surface area contributed by atoms with E-state index in [1.807, 2.05) is 0 Å². The highest BCUT2D eigenvalue weighted by molar-refractivity contribution is 14.0. The Bertz CT molecular complexity index is 412. The van der Waals surface area contributed by atoms with Gasteiger partial charge in [-0.05, 0) is 23.1 Å². The summed E-state index contributed by atoms with van der Waals surface area (Å²) in [5, 5.41) is 1.44. The number of rotatable bonds is 2. The summed E-state index contributed by atoms with van der Waals surface area (Å²) >= 11 is 0. The van der Waals surface area contributed by atoms with Gasteiger partial charge in [0.25, 0.3) is 0 Å². The van der Waals surface area contributed by atoms with Crippen LogP contribution in [0.25, 0.3) is 11.1 Å². The van der Waals surface area contributed by atoms with Crippen LogP contribution in [0.2, 0.25) is 0 Å². The highest BCUT2D eigenvalue weighted by Crippen LogP contribution is 2.21. The lowest BCUT2D eigenvalue weighted by Crippen LogP contribution is -1.97. The molecule has 0 amide bonds. The second-order valence-electron chi connectivity index (χ2n) is 3.16. The van der Waals surface area contributed by atoms with Gasteiger partial charge in [0.05, 0.1) is 0 Å². The molecule has 0 radical (unpaired) electrons. The zero-order valence-electron chi connectivity index (χ0n) is 8.60. The van der Waals surface area contributed by atoms with Gasteiger partial charge in [0.2, 0.25) is 0 Å². The SMILES string of the molecule is CPc1ccccc1-c1ccccc1.I. The molecule has 0 bridgehead atoms. The molecule has 2 rings (SSSR count). The third-order valence-corrected chi connectivity index (χ3v) is 3.26. The van der Waals surface area contributed by atoms with E-state index in [9.17, 15) is 0 Å². The number of halogens is 1. The predicted molar refractivity (Wildman–Crippen MR) is 81.2 cm³/mol. The summed E-state index contributed by atoms with van der Waals surface area (Å²) in [6.07, 6.45) is 0. The highest BCUT2D eigenvalue weighted by Gasteiger charge is 2.00. The van der Waals surface area contributed by atoms with Crippen molar-refractivity contribution in [2.75, 3.05) is 6.66 Å². The van der Waals surface area contributed by atoms with Gasteiger partial charge in [0.15, 0.2) is 0 Å². The van der Waals surface area contributed by atoms with Gasteiger partial charge in [-0.2, -0.15) is 0 Å². The first kappa shape index (κ1) is 12.7. The fraction of sp³-hybridized carbons (Fsp3) is 0.0769. The Balaban J connectivity index is 0.00000112. The van der Waals surface area contributed by atoms with Crippen LogP contribution in [0.15, 0.2) is 54.6 Å². The molecule has 2 aromatic rings. The van der Waals surface area contributed by atoms with Crippen molar-refractivity contribution >= 4 is 37.9 Å². The Kier molecular flexibility index (Phi) is 5.27. The van der Waals surface area contributed by atoms with Crippen molar-refractivity contribution in [1.82, 2.24) is 0 Å². The van der Waals surface area contributed by atoms with Crippen molar-refractivity contribution in [3.8, 4) is 11.1 Å². The third kappa shape index (κ3) is 3.02. The molecule has 0 heterocycles. The average Bonchev–Trinajstić information content (AvgIpc) is 2.30. The lowest BCUT2D eigenvalue weighted by molar-refractivity contribution is 1.65. The summed E-state index contributed by atoms with van der Waals surface area (Å²) in [6, 6.07) is 19.2. The Morgan fingerprint density at radius 3 is 2.07 bits per heavy atom. The van der Waals surface area contributed by atoms with Crippen molar-refractivity contribution in [3.05, 3.63) is 54.6 Å². The van der Waals surface area contributed by atoms with Crippen LogP contribution < -0.4 is 5.30 Å². The van der Waals surface area contributed by atoms with Gasteiger partial charge in [-0.1, -0.05) is 63.2 Å². The second-order valence-corrected chi connectivity index (χ2v) is 4.20. The Labute approximate surface area is 110 Å².